The maximum absolute atomic E-state index is 12.2. The number of methoxy groups -OCH3 is 1. The van der Waals surface area contributed by atoms with Crippen LogP contribution in [-0.2, 0) is 4.74 Å². The first-order valence-electron chi connectivity index (χ1n) is 7.90. The summed E-state index contributed by atoms with van der Waals surface area (Å²) >= 11 is 0. The number of imide groups is 1. The van der Waals surface area contributed by atoms with Crippen LogP contribution in [0.3, 0.4) is 0 Å². The van der Waals surface area contributed by atoms with E-state index >= 15 is 0 Å². The smallest absolute Gasteiger partial charge is 0.261 e. The van der Waals surface area contributed by atoms with E-state index in [0.717, 1.165) is 45.4 Å². The lowest BCUT2D eigenvalue weighted by Gasteiger charge is -2.13. The molecule has 1 aliphatic heterocycles. The topological polar surface area (TPSA) is 58.6 Å². The SMILES string of the molecule is COCCCNCCCCCN1C(=O)c2ccccc2C1=O. The van der Waals surface area contributed by atoms with E-state index < -0.39 is 0 Å². The van der Waals surface area contributed by atoms with Gasteiger partial charge in [-0.3, -0.25) is 14.5 Å². The fourth-order valence-corrected chi connectivity index (χ4v) is 2.61. The highest BCUT2D eigenvalue weighted by Crippen LogP contribution is 2.22. The lowest BCUT2D eigenvalue weighted by Crippen LogP contribution is -2.30. The molecule has 0 unspecified atom stereocenters. The lowest BCUT2D eigenvalue weighted by atomic mass is 10.1. The number of ether oxygens (including phenoxy) is 1. The maximum Gasteiger partial charge on any atom is 0.261 e. The molecule has 0 spiro atoms. The second-order valence-corrected chi connectivity index (χ2v) is 5.46. The Bertz CT molecular complexity index is 481. The van der Waals surface area contributed by atoms with Crippen LogP contribution in [0, 0.1) is 0 Å². The fraction of sp³-hybridized carbons (Fsp3) is 0.529. The van der Waals surface area contributed by atoms with Gasteiger partial charge in [0.1, 0.15) is 0 Å². The van der Waals surface area contributed by atoms with Crippen LogP contribution in [-0.4, -0.2) is 50.1 Å². The molecule has 0 saturated carbocycles. The summed E-state index contributed by atoms with van der Waals surface area (Å²) in [4.78, 5) is 25.7. The van der Waals surface area contributed by atoms with Gasteiger partial charge in [0.05, 0.1) is 11.1 Å². The van der Waals surface area contributed by atoms with Crippen molar-refractivity contribution in [3.63, 3.8) is 0 Å². The van der Waals surface area contributed by atoms with Crippen molar-refractivity contribution in [3.05, 3.63) is 35.4 Å². The summed E-state index contributed by atoms with van der Waals surface area (Å²) in [6, 6.07) is 7.03. The Morgan fingerprint density at radius 2 is 1.59 bits per heavy atom. The number of nitrogens with one attached hydrogen (secondary N) is 1. The van der Waals surface area contributed by atoms with Crippen LogP contribution >= 0.6 is 0 Å². The number of hydrogen-bond acceptors (Lipinski definition) is 4. The molecule has 0 saturated heterocycles. The molecule has 5 nitrogen and oxygen atoms in total. The van der Waals surface area contributed by atoms with Crippen LogP contribution in [0.2, 0.25) is 0 Å². The Morgan fingerprint density at radius 1 is 0.955 bits per heavy atom. The molecule has 0 fully saturated rings. The van der Waals surface area contributed by atoms with Crippen LogP contribution in [0.15, 0.2) is 24.3 Å². The zero-order valence-electron chi connectivity index (χ0n) is 13.1. The summed E-state index contributed by atoms with van der Waals surface area (Å²) in [5.74, 6) is -0.309. The van der Waals surface area contributed by atoms with Crippen molar-refractivity contribution < 1.29 is 14.3 Å². The van der Waals surface area contributed by atoms with Gasteiger partial charge in [0.2, 0.25) is 0 Å². The van der Waals surface area contributed by atoms with Crippen molar-refractivity contribution in [3.8, 4) is 0 Å². The molecule has 120 valence electrons. The first kappa shape index (κ1) is 16.6. The van der Waals surface area contributed by atoms with Gasteiger partial charge in [-0.15, -0.1) is 0 Å². The molecule has 0 bridgehead atoms. The first-order valence-corrected chi connectivity index (χ1v) is 7.90. The molecule has 1 aromatic rings. The normalized spacial score (nSPS) is 13.8. The number of benzene rings is 1. The second kappa shape index (κ2) is 8.66. The largest absolute Gasteiger partial charge is 0.385 e. The Morgan fingerprint density at radius 3 is 2.23 bits per heavy atom. The first-order chi connectivity index (χ1) is 10.8. The molecule has 2 amide bonds. The molecule has 0 radical (unpaired) electrons. The quantitative estimate of drug-likeness (QED) is 0.531. The van der Waals surface area contributed by atoms with E-state index in [1.54, 1.807) is 31.4 Å². The van der Waals surface area contributed by atoms with E-state index in [-0.39, 0.29) is 11.8 Å². The van der Waals surface area contributed by atoms with Crippen molar-refractivity contribution in [2.24, 2.45) is 0 Å². The standard InChI is InChI=1S/C17H24N2O3/c1-22-13-7-11-18-10-5-2-6-12-19-16(20)14-8-3-4-9-15(14)17(19)21/h3-4,8-9,18H,2,5-7,10-13H2,1H3. The summed E-state index contributed by atoms with van der Waals surface area (Å²) in [5.41, 5.74) is 1.07. The van der Waals surface area contributed by atoms with E-state index in [2.05, 4.69) is 5.32 Å². The molecule has 1 aliphatic rings. The van der Waals surface area contributed by atoms with Crippen molar-refractivity contribution in [1.82, 2.24) is 10.2 Å². The Balaban J connectivity index is 1.63. The third kappa shape index (κ3) is 4.15. The van der Waals surface area contributed by atoms with Crippen molar-refractivity contribution in [1.29, 1.82) is 0 Å². The molecule has 0 aromatic heterocycles. The van der Waals surface area contributed by atoms with E-state index in [0.29, 0.717) is 17.7 Å². The Hall–Kier alpha value is -1.72. The minimum Gasteiger partial charge on any atom is -0.385 e. The third-order valence-corrected chi connectivity index (χ3v) is 3.82. The third-order valence-electron chi connectivity index (χ3n) is 3.82. The summed E-state index contributed by atoms with van der Waals surface area (Å²) in [7, 11) is 1.71. The maximum atomic E-state index is 12.2. The van der Waals surface area contributed by atoms with Gasteiger partial charge in [-0.05, 0) is 44.5 Å². The van der Waals surface area contributed by atoms with Gasteiger partial charge in [0, 0.05) is 20.3 Å². The van der Waals surface area contributed by atoms with E-state index in [1.165, 1.54) is 4.90 Å². The minimum absolute atomic E-state index is 0.154. The second-order valence-electron chi connectivity index (χ2n) is 5.46. The van der Waals surface area contributed by atoms with Gasteiger partial charge in [0.25, 0.3) is 11.8 Å². The molecule has 0 atom stereocenters. The van der Waals surface area contributed by atoms with E-state index in [4.69, 9.17) is 4.74 Å². The molecule has 1 N–H and O–H groups in total. The van der Waals surface area contributed by atoms with E-state index in [1.807, 2.05) is 0 Å². The average Bonchev–Trinajstić information content (AvgIpc) is 2.78. The zero-order valence-corrected chi connectivity index (χ0v) is 13.1. The molecule has 0 aliphatic carbocycles. The van der Waals surface area contributed by atoms with Gasteiger partial charge in [-0.1, -0.05) is 18.6 Å². The van der Waals surface area contributed by atoms with Crippen LogP contribution in [0.4, 0.5) is 0 Å². The van der Waals surface area contributed by atoms with Crippen LogP contribution in [0.25, 0.3) is 0 Å². The monoisotopic (exact) mass is 304 g/mol. The van der Waals surface area contributed by atoms with Crippen molar-refractivity contribution >= 4 is 11.8 Å². The predicted octanol–water partition coefficient (Wildman–Crippen LogP) is 2.08. The van der Waals surface area contributed by atoms with Gasteiger partial charge in [0.15, 0.2) is 0 Å². The van der Waals surface area contributed by atoms with Crippen LogP contribution < -0.4 is 5.32 Å². The predicted molar refractivity (Wildman–Crippen MR) is 85.0 cm³/mol. The lowest BCUT2D eigenvalue weighted by molar-refractivity contribution is 0.0651. The van der Waals surface area contributed by atoms with Crippen molar-refractivity contribution in [2.45, 2.75) is 25.7 Å². The van der Waals surface area contributed by atoms with E-state index in [9.17, 15) is 9.59 Å². The van der Waals surface area contributed by atoms with Gasteiger partial charge in [-0.25, -0.2) is 0 Å². The number of unbranched alkanes of at least 4 members (excludes halogenated alkanes) is 2. The minimum atomic E-state index is -0.154. The number of nitrogens with zero attached hydrogens (tertiary/aromatic N) is 1. The highest BCUT2D eigenvalue weighted by atomic mass is 16.5. The Labute approximate surface area is 131 Å². The summed E-state index contributed by atoms with van der Waals surface area (Å²) < 4.78 is 4.98. The van der Waals surface area contributed by atoms with Gasteiger partial charge >= 0.3 is 0 Å². The average molecular weight is 304 g/mol. The van der Waals surface area contributed by atoms with Crippen molar-refractivity contribution in [2.75, 3.05) is 33.4 Å². The number of hydrogen-bond donors (Lipinski definition) is 1. The van der Waals surface area contributed by atoms with Gasteiger partial charge < -0.3 is 10.1 Å². The molecule has 5 heteroatoms. The van der Waals surface area contributed by atoms with Gasteiger partial charge in [-0.2, -0.15) is 0 Å². The molecule has 2 rings (SSSR count). The zero-order chi connectivity index (χ0) is 15.8. The molecule has 1 aromatic carbocycles. The highest BCUT2D eigenvalue weighted by molar-refractivity contribution is 6.21. The molecular formula is C17H24N2O3. The number of carbonyl (C=O) groups excluding carboxylic acids is 2. The highest BCUT2D eigenvalue weighted by Gasteiger charge is 2.34. The number of carbonyl (C=O) groups is 2. The van der Waals surface area contributed by atoms with Crippen LogP contribution in [0.5, 0.6) is 0 Å². The number of fused-ring (bicyclic) bond motifs is 1. The number of rotatable bonds is 10. The molecule has 22 heavy (non-hydrogen) atoms. The summed E-state index contributed by atoms with van der Waals surface area (Å²) in [5, 5.41) is 3.35. The summed E-state index contributed by atoms with van der Waals surface area (Å²) in [6.45, 7) is 3.22. The Kier molecular flexibility index (Phi) is 6.55. The summed E-state index contributed by atoms with van der Waals surface area (Å²) in [6.07, 6.45) is 3.93. The fourth-order valence-electron chi connectivity index (χ4n) is 2.61. The molecular weight excluding hydrogens is 280 g/mol. The number of amides is 2. The molecule has 1 heterocycles. The van der Waals surface area contributed by atoms with Crippen LogP contribution in [0.1, 0.15) is 46.4 Å².